The maximum atomic E-state index is 3.48. The van der Waals surface area contributed by atoms with Crippen LogP contribution in [-0.4, -0.2) is 12.6 Å². The molecule has 0 aliphatic carbocycles. The van der Waals surface area contributed by atoms with Crippen molar-refractivity contribution in [1.82, 2.24) is 5.32 Å². The van der Waals surface area contributed by atoms with E-state index in [1.165, 1.54) is 4.88 Å². The minimum atomic E-state index is 0.430. The highest BCUT2D eigenvalue weighted by molar-refractivity contribution is 9.13. The Hall–Kier alpha value is 0.360. The van der Waals surface area contributed by atoms with Gasteiger partial charge in [-0.2, -0.15) is 0 Å². The summed E-state index contributed by atoms with van der Waals surface area (Å²) in [6.45, 7) is 5.27. The summed E-state index contributed by atoms with van der Waals surface area (Å²) in [4.78, 5) is 1.26. The van der Waals surface area contributed by atoms with Crippen LogP contribution < -0.4 is 5.32 Å². The van der Waals surface area contributed by atoms with Crippen molar-refractivity contribution in [3.63, 3.8) is 0 Å². The van der Waals surface area contributed by atoms with Gasteiger partial charge in [-0.05, 0) is 57.5 Å². The minimum absolute atomic E-state index is 0.430. The van der Waals surface area contributed by atoms with Crippen LogP contribution in [0.4, 0.5) is 0 Å². The minimum Gasteiger partial charge on any atom is -0.311 e. The Morgan fingerprint density at radius 3 is 2.79 bits per heavy atom. The Kier molecular flexibility index (Phi) is 5.38. The molecule has 1 aromatic heterocycles. The zero-order chi connectivity index (χ0) is 10.6. The third kappa shape index (κ3) is 3.85. The summed E-state index contributed by atoms with van der Waals surface area (Å²) < 4.78 is 2.27. The third-order valence-electron chi connectivity index (χ3n) is 1.74. The van der Waals surface area contributed by atoms with Crippen molar-refractivity contribution in [2.24, 2.45) is 0 Å². The van der Waals surface area contributed by atoms with E-state index in [2.05, 4.69) is 69.2 Å². The van der Waals surface area contributed by atoms with Gasteiger partial charge < -0.3 is 5.32 Å². The summed E-state index contributed by atoms with van der Waals surface area (Å²) in [5, 5.41) is 3.33. The number of hydrogen-bond donors (Lipinski definition) is 1. The van der Waals surface area contributed by atoms with Gasteiger partial charge in [0.15, 0.2) is 0 Å². The molecule has 0 aromatic carbocycles. The van der Waals surface area contributed by atoms with Crippen molar-refractivity contribution < 1.29 is 0 Å². The molecular weight excluding hydrogens is 326 g/mol. The number of likely N-dealkylation sites (N-methyl/N-ethyl adjacent to an activating group) is 1. The number of thiophene rings is 1. The smallest absolute Gasteiger partial charge is 0.0846 e. The Morgan fingerprint density at radius 1 is 1.57 bits per heavy atom. The SMILES string of the molecule is CCNC(C)/C=C/c1cc(Br)c(Br)s1. The van der Waals surface area contributed by atoms with Gasteiger partial charge in [0.05, 0.1) is 3.79 Å². The predicted molar refractivity (Wildman–Crippen MR) is 71.9 cm³/mol. The molecule has 4 heteroatoms. The lowest BCUT2D eigenvalue weighted by atomic mass is 10.3. The van der Waals surface area contributed by atoms with E-state index in [0.29, 0.717) is 6.04 Å². The number of nitrogens with one attached hydrogen (secondary N) is 1. The zero-order valence-electron chi connectivity index (χ0n) is 8.18. The van der Waals surface area contributed by atoms with Crippen molar-refractivity contribution >= 4 is 49.3 Å². The molecule has 0 aliphatic heterocycles. The molecule has 1 atom stereocenters. The van der Waals surface area contributed by atoms with Gasteiger partial charge in [-0.3, -0.25) is 0 Å². The molecular formula is C10H13Br2NS. The fraction of sp³-hybridized carbons (Fsp3) is 0.400. The van der Waals surface area contributed by atoms with Crippen LogP contribution in [0.1, 0.15) is 18.7 Å². The molecule has 1 N–H and O–H groups in total. The van der Waals surface area contributed by atoms with Gasteiger partial charge in [0.25, 0.3) is 0 Å². The van der Waals surface area contributed by atoms with Gasteiger partial charge in [0, 0.05) is 15.4 Å². The van der Waals surface area contributed by atoms with Crippen LogP contribution in [0.5, 0.6) is 0 Å². The quantitative estimate of drug-likeness (QED) is 0.863. The molecule has 0 aliphatic rings. The van der Waals surface area contributed by atoms with E-state index < -0.39 is 0 Å². The maximum absolute atomic E-state index is 3.48. The highest BCUT2D eigenvalue weighted by Gasteiger charge is 2.01. The van der Waals surface area contributed by atoms with E-state index in [9.17, 15) is 0 Å². The highest BCUT2D eigenvalue weighted by Crippen LogP contribution is 2.32. The summed E-state index contributed by atoms with van der Waals surface area (Å²) in [5.74, 6) is 0. The largest absolute Gasteiger partial charge is 0.311 e. The number of rotatable bonds is 4. The highest BCUT2D eigenvalue weighted by atomic mass is 79.9. The molecule has 1 aromatic rings. The molecule has 1 nitrogen and oxygen atoms in total. The van der Waals surface area contributed by atoms with Crippen LogP contribution in [0.2, 0.25) is 0 Å². The normalized spacial score (nSPS) is 13.7. The topological polar surface area (TPSA) is 12.0 Å². The van der Waals surface area contributed by atoms with Crippen molar-refractivity contribution in [3.05, 3.63) is 25.3 Å². The molecule has 14 heavy (non-hydrogen) atoms. The summed E-state index contributed by atoms with van der Waals surface area (Å²) in [6.07, 6.45) is 4.32. The van der Waals surface area contributed by atoms with Crippen molar-refractivity contribution in [2.45, 2.75) is 19.9 Å². The number of halogens is 2. The van der Waals surface area contributed by atoms with Gasteiger partial charge in [-0.15, -0.1) is 11.3 Å². The van der Waals surface area contributed by atoms with Crippen molar-refractivity contribution in [3.8, 4) is 0 Å². The first-order valence-corrected chi connectivity index (χ1v) is 6.90. The van der Waals surface area contributed by atoms with Gasteiger partial charge in [-0.25, -0.2) is 0 Å². The summed E-state index contributed by atoms with van der Waals surface area (Å²) in [5.41, 5.74) is 0. The molecule has 1 unspecified atom stereocenters. The second-order valence-corrected chi connectivity index (χ2v) is 6.23. The lowest BCUT2D eigenvalue weighted by Crippen LogP contribution is -2.22. The first-order valence-electron chi connectivity index (χ1n) is 4.50. The Balaban J connectivity index is 2.59. The average molecular weight is 339 g/mol. The number of hydrogen-bond acceptors (Lipinski definition) is 2. The van der Waals surface area contributed by atoms with E-state index >= 15 is 0 Å². The first kappa shape index (κ1) is 12.4. The van der Waals surface area contributed by atoms with Crippen molar-refractivity contribution in [1.29, 1.82) is 0 Å². The van der Waals surface area contributed by atoms with E-state index in [1.807, 2.05) is 0 Å². The van der Waals surface area contributed by atoms with E-state index in [0.717, 1.165) is 14.8 Å². The standard InChI is InChI=1S/C10H13Br2NS/c1-3-13-7(2)4-5-8-6-9(11)10(12)14-8/h4-7,13H,3H2,1-2H3/b5-4+. The van der Waals surface area contributed by atoms with Crippen LogP contribution in [0.25, 0.3) is 6.08 Å². The second-order valence-electron chi connectivity index (χ2n) is 2.98. The molecule has 78 valence electrons. The van der Waals surface area contributed by atoms with E-state index in [4.69, 9.17) is 0 Å². The predicted octanol–water partition coefficient (Wildman–Crippen LogP) is 4.28. The Morgan fingerprint density at radius 2 is 2.29 bits per heavy atom. The van der Waals surface area contributed by atoms with Gasteiger partial charge in [0.2, 0.25) is 0 Å². The lowest BCUT2D eigenvalue weighted by molar-refractivity contribution is 0.663. The molecule has 1 rings (SSSR count). The molecule has 1 heterocycles. The Bertz CT molecular complexity index is 300. The van der Waals surface area contributed by atoms with Gasteiger partial charge in [-0.1, -0.05) is 13.0 Å². The molecule has 0 radical (unpaired) electrons. The molecule has 0 bridgehead atoms. The zero-order valence-corrected chi connectivity index (χ0v) is 12.2. The Labute approximate surface area is 106 Å². The molecule has 0 saturated heterocycles. The summed E-state index contributed by atoms with van der Waals surface area (Å²) in [7, 11) is 0. The van der Waals surface area contributed by atoms with Gasteiger partial charge >= 0.3 is 0 Å². The monoisotopic (exact) mass is 337 g/mol. The van der Waals surface area contributed by atoms with E-state index in [1.54, 1.807) is 11.3 Å². The first-order chi connectivity index (χ1) is 6.63. The average Bonchev–Trinajstić information content (AvgIpc) is 2.44. The molecule has 0 spiro atoms. The van der Waals surface area contributed by atoms with Crippen LogP contribution in [0.15, 0.2) is 20.4 Å². The van der Waals surface area contributed by atoms with Gasteiger partial charge in [0.1, 0.15) is 0 Å². The second kappa shape index (κ2) is 6.05. The fourth-order valence-electron chi connectivity index (χ4n) is 1.07. The van der Waals surface area contributed by atoms with Crippen LogP contribution in [0, 0.1) is 0 Å². The summed E-state index contributed by atoms with van der Waals surface area (Å²) in [6, 6.07) is 2.55. The molecule has 0 fully saturated rings. The molecule has 0 saturated carbocycles. The summed E-state index contributed by atoms with van der Waals surface area (Å²) >= 11 is 8.67. The third-order valence-corrected chi connectivity index (χ3v) is 4.96. The van der Waals surface area contributed by atoms with E-state index in [-0.39, 0.29) is 0 Å². The maximum Gasteiger partial charge on any atom is 0.0846 e. The lowest BCUT2D eigenvalue weighted by Gasteiger charge is -2.04. The molecule has 0 amide bonds. The van der Waals surface area contributed by atoms with Crippen LogP contribution in [-0.2, 0) is 0 Å². The fourth-order valence-corrected chi connectivity index (χ4v) is 3.08. The van der Waals surface area contributed by atoms with Crippen LogP contribution in [0.3, 0.4) is 0 Å². The van der Waals surface area contributed by atoms with Crippen LogP contribution >= 0.6 is 43.2 Å². The van der Waals surface area contributed by atoms with Crippen molar-refractivity contribution in [2.75, 3.05) is 6.54 Å².